The van der Waals surface area contributed by atoms with Crippen LogP contribution in [0.4, 0.5) is 4.39 Å². The lowest BCUT2D eigenvalue weighted by molar-refractivity contribution is 0.0186. The Hall–Kier alpha value is -0.880. The van der Waals surface area contributed by atoms with E-state index < -0.39 is 5.82 Å². The summed E-state index contributed by atoms with van der Waals surface area (Å²) in [6.07, 6.45) is 0.448. The highest BCUT2D eigenvalue weighted by Gasteiger charge is 2.17. The number of aromatic nitrogens is 2. The number of hydrogen-bond donors (Lipinski definition) is 0. The summed E-state index contributed by atoms with van der Waals surface area (Å²) in [5.41, 5.74) is 1.32. The van der Waals surface area contributed by atoms with Gasteiger partial charge in [0.1, 0.15) is 11.6 Å². The largest absolute Gasteiger partial charge is 0.382 e. The molecule has 7 heteroatoms. The molecule has 0 N–H and O–H groups in total. The SMILES string of the molecule is COCC(Cn1c(CCCl)nc2cc(F)c(Cl)cc21)OC. The summed E-state index contributed by atoms with van der Waals surface area (Å²) in [5, 5.41) is 0.0711. The first kappa shape index (κ1) is 16.5. The molecule has 1 heterocycles. The van der Waals surface area contributed by atoms with Crippen molar-refractivity contribution in [3.63, 3.8) is 0 Å². The highest BCUT2D eigenvalue weighted by Crippen LogP contribution is 2.24. The smallest absolute Gasteiger partial charge is 0.144 e. The van der Waals surface area contributed by atoms with Gasteiger partial charge in [-0.3, -0.25) is 0 Å². The first-order chi connectivity index (χ1) is 10.1. The average Bonchev–Trinajstić information content (AvgIpc) is 2.77. The van der Waals surface area contributed by atoms with Crippen molar-refractivity contribution in [3.05, 3.63) is 28.8 Å². The Kier molecular flexibility index (Phi) is 5.81. The Morgan fingerprint density at radius 3 is 2.76 bits per heavy atom. The van der Waals surface area contributed by atoms with E-state index in [2.05, 4.69) is 4.98 Å². The third-order valence-electron chi connectivity index (χ3n) is 3.26. The Morgan fingerprint density at radius 1 is 1.38 bits per heavy atom. The van der Waals surface area contributed by atoms with Gasteiger partial charge >= 0.3 is 0 Å². The monoisotopic (exact) mass is 334 g/mol. The summed E-state index contributed by atoms with van der Waals surface area (Å²) in [5.74, 6) is 0.729. The standard InChI is InChI=1S/C14H17Cl2FN2O2/c1-20-8-9(21-2)7-19-13-5-10(16)11(17)6-12(13)18-14(19)3-4-15/h5-6,9H,3-4,7-8H2,1-2H3. The van der Waals surface area contributed by atoms with Crippen molar-refractivity contribution >= 4 is 34.2 Å². The summed E-state index contributed by atoms with van der Waals surface area (Å²) in [6, 6.07) is 2.92. The van der Waals surface area contributed by atoms with Gasteiger partial charge in [-0.2, -0.15) is 0 Å². The highest BCUT2D eigenvalue weighted by molar-refractivity contribution is 6.31. The number of methoxy groups -OCH3 is 2. The molecule has 0 saturated carbocycles. The van der Waals surface area contributed by atoms with E-state index in [1.165, 1.54) is 6.07 Å². The Labute approximate surface area is 132 Å². The maximum Gasteiger partial charge on any atom is 0.144 e. The topological polar surface area (TPSA) is 36.3 Å². The molecule has 1 atom stereocenters. The van der Waals surface area contributed by atoms with E-state index >= 15 is 0 Å². The molecule has 1 aromatic carbocycles. The van der Waals surface area contributed by atoms with Crippen molar-refractivity contribution in [3.8, 4) is 0 Å². The van der Waals surface area contributed by atoms with E-state index in [1.807, 2.05) is 4.57 Å². The second-order valence-corrected chi connectivity index (χ2v) is 5.43. The highest BCUT2D eigenvalue weighted by atomic mass is 35.5. The molecule has 0 aliphatic rings. The number of halogens is 3. The fraction of sp³-hybridized carbons (Fsp3) is 0.500. The van der Waals surface area contributed by atoms with Gasteiger partial charge in [0, 0.05) is 32.6 Å². The van der Waals surface area contributed by atoms with Gasteiger partial charge in [-0.25, -0.2) is 9.37 Å². The van der Waals surface area contributed by atoms with Crippen LogP contribution in [0.1, 0.15) is 5.82 Å². The number of ether oxygens (including phenoxy) is 2. The molecule has 0 radical (unpaired) electrons. The van der Waals surface area contributed by atoms with Crippen molar-refractivity contribution < 1.29 is 13.9 Å². The molecular formula is C14H17Cl2FN2O2. The molecule has 21 heavy (non-hydrogen) atoms. The van der Waals surface area contributed by atoms with Gasteiger partial charge in [-0.05, 0) is 6.07 Å². The van der Waals surface area contributed by atoms with Crippen LogP contribution in [0, 0.1) is 5.82 Å². The molecule has 0 aliphatic carbocycles. The molecule has 0 spiro atoms. The van der Waals surface area contributed by atoms with E-state index in [0.29, 0.717) is 31.0 Å². The summed E-state index contributed by atoms with van der Waals surface area (Å²) in [4.78, 5) is 4.44. The fourth-order valence-corrected chi connectivity index (χ4v) is 2.56. The molecule has 4 nitrogen and oxygen atoms in total. The van der Waals surface area contributed by atoms with E-state index in [1.54, 1.807) is 20.3 Å². The van der Waals surface area contributed by atoms with Crippen LogP contribution in [0.15, 0.2) is 12.1 Å². The van der Waals surface area contributed by atoms with Crippen LogP contribution in [0.25, 0.3) is 11.0 Å². The van der Waals surface area contributed by atoms with E-state index in [4.69, 9.17) is 32.7 Å². The van der Waals surface area contributed by atoms with Crippen molar-refractivity contribution in [2.75, 3.05) is 26.7 Å². The summed E-state index contributed by atoms with van der Waals surface area (Å²) in [6.45, 7) is 0.987. The zero-order valence-electron chi connectivity index (χ0n) is 11.9. The fourth-order valence-electron chi connectivity index (χ4n) is 2.23. The van der Waals surface area contributed by atoms with Gasteiger partial charge in [-0.15, -0.1) is 11.6 Å². The minimum atomic E-state index is -0.480. The predicted molar refractivity (Wildman–Crippen MR) is 81.8 cm³/mol. The van der Waals surface area contributed by atoms with Gasteiger partial charge in [0.2, 0.25) is 0 Å². The molecule has 1 aromatic heterocycles. The third kappa shape index (κ3) is 3.66. The van der Waals surface area contributed by atoms with Gasteiger partial charge in [0.25, 0.3) is 0 Å². The molecule has 0 aliphatic heterocycles. The van der Waals surface area contributed by atoms with Crippen molar-refractivity contribution in [2.45, 2.75) is 19.1 Å². The van der Waals surface area contributed by atoms with Crippen LogP contribution >= 0.6 is 23.2 Å². The van der Waals surface area contributed by atoms with Crippen LogP contribution in [0.2, 0.25) is 5.02 Å². The zero-order chi connectivity index (χ0) is 15.4. The lowest BCUT2D eigenvalue weighted by atomic mass is 10.3. The van der Waals surface area contributed by atoms with Crippen LogP contribution in [0.3, 0.4) is 0 Å². The van der Waals surface area contributed by atoms with Crippen molar-refractivity contribution in [1.29, 1.82) is 0 Å². The number of rotatable bonds is 7. The minimum Gasteiger partial charge on any atom is -0.382 e. The Bertz CT molecular complexity index is 619. The van der Waals surface area contributed by atoms with Gasteiger partial charge in [0.05, 0.1) is 35.3 Å². The second-order valence-electron chi connectivity index (χ2n) is 4.65. The summed E-state index contributed by atoms with van der Waals surface area (Å²) in [7, 11) is 3.24. The molecule has 0 amide bonds. The number of nitrogens with zero attached hydrogens (tertiary/aromatic N) is 2. The molecule has 116 valence electrons. The second kappa shape index (κ2) is 7.40. The van der Waals surface area contributed by atoms with Gasteiger partial charge < -0.3 is 14.0 Å². The number of fused-ring (bicyclic) bond motifs is 1. The molecule has 1 unspecified atom stereocenters. The van der Waals surface area contributed by atoms with E-state index in [0.717, 1.165) is 11.3 Å². The van der Waals surface area contributed by atoms with Crippen molar-refractivity contribution in [2.24, 2.45) is 0 Å². The van der Waals surface area contributed by atoms with Gasteiger partial charge in [0.15, 0.2) is 0 Å². The lowest BCUT2D eigenvalue weighted by Crippen LogP contribution is -2.24. The van der Waals surface area contributed by atoms with E-state index in [-0.39, 0.29) is 11.1 Å². The normalized spacial score (nSPS) is 13.0. The average molecular weight is 335 g/mol. The Balaban J connectivity index is 2.46. The summed E-state index contributed by atoms with van der Waals surface area (Å²) < 4.78 is 26.0. The van der Waals surface area contributed by atoms with Crippen LogP contribution in [-0.4, -0.2) is 42.4 Å². The van der Waals surface area contributed by atoms with Crippen LogP contribution in [0.5, 0.6) is 0 Å². The molecule has 0 fully saturated rings. The predicted octanol–water partition coefficient (Wildman–Crippen LogP) is 3.27. The van der Waals surface area contributed by atoms with Crippen LogP contribution < -0.4 is 0 Å². The molecule has 0 bridgehead atoms. The summed E-state index contributed by atoms with van der Waals surface area (Å²) >= 11 is 11.7. The van der Waals surface area contributed by atoms with Crippen LogP contribution in [-0.2, 0) is 22.4 Å². The number of hydrogen-bond acceptors (Lipinski definition) is 3. The number of imidazole rings is 1. The molecule has 2 aromatic rings. The van der Waals surface area contributed by atoms with E-state index in [9.17, 15) is 4.39 Å². The van der Waals surface area contributed by atoms with Crippen molar-refractivity contribution in [1.82, 2.24) is 9.55 Å². The maximum absolute atomic E-state index is 13.6. The lowest BCUT2D eigenvalue weighted by Gasteiger charge is -2.17. The first-order valence-corrected chi connectivity index (χ1v) is 7.43. The third-order valence-corrected chi connectivity index (χ3v) is 3.74. The zero-order valence-corrected chi connectivity index (χ0v) is 13.4. The molecule has 2 rings (SSSR count). The maximum atomic E-state index is 13.6. The Morgan fingerprint density at radius 2 is 2.14 bits per heavy atom. The first-order valence-electron chi connectivity index (χ1n) is 6.52. The minimum absolute atomic E-state index is 0.0711. The molecule has 0 saturated heterocycles. The van der Waals surface area contributed by atoms with Gasteiger partial charge in [-0.1, -0.05) is 11.6 Å². The number of benzene rings is 1. The molecular weight excluding hydrogens is 318 g/mol. The number of aryl methyl sites for hydroxylation is 1. The number of alkyl halides is 1. The quantitative estimate of drug-likeness (QED) is 0.729.